The summed E-state index contributed by atoms with van der Waals surface area (Å²) < 4.78 is 35.1. The van der Waals surface area contributed by atoms with Gasteiger partial charge in [-0.05, 0) is 74.6 Å². The minimum absolute atomic E-state index is 0.108. The van der Waals surface area contributed by atoms with Gasteiger partial charge < -0.3 is 34.7 Å². The Kier molecular flexibility index (Phi) is 10.5. The number of rotatable bonds is 13. The molecule has 0 aliphatic carbocycles. The Morgan fingerprint density at radius 2 is 1.52 bits per heavy atom. The summed E-state index contributed by atoms with van der Waals surface area (Å²) in [6.45, 7) is 3.76. The van der Waals surface area contributed by atoms with Crippen molar-refractivity contribution in [1.29, 1.82) is 0 Å². The number of amides is 1. The highest BCUT2D eigenvalue weighted by atomic mass is 19.1. The Labute approximate surface area is 253 Å². The summed E-state index contributed by atoms with van der Waals surface area (Å²) >= 11 is 0. The van der Waals surface area contributed by atoms with Crippen LogP contribution in [0.1, 0.15) is 55.3 Å². The molecule has 232 valence electrons. The van der Waals surface area contributed by atoms with Gasteiger partial charge in [-0.2, -0.15) is 4.98 Å². The number of hydrogen-bond donors (Lipinski definition) is 3. The van der Waals surface area contributed by atoms with Gasteiger partial charge in [0.15, 0.2) is 0 Å². The third-order valence-corrected chi connectivity index (χ3v) is 7.14. The zero-order valence-electron chi connectivity index (χ0n) is 24.6. The molecule has 11 heteroatoms. The molecule has 44 heavy (non-hydrogen) atoms. The largest absolute Gasteiger partial charge is 0.550 e. The molecule has 0 radical (unpaired) electrons. The van der Waals surface area contributed by atoms with Gasteiger partial charge in [0, 0.05) is 41.3 Å². The van der Waals surface area contributed by atoms with Crippen molar-refractivity contribution >= 4 is 17.7 Å². The van der Waals surface area contributed by atoms with E-state index in [1.807, 2.05) is 18.4 Å². The van der Waals surface area contributed by atoms with E-state index in [-0.39, 0.29) is 36.8 Å². The van der Waals surface area contributed by atoms with Gasteiger partial charge in [0.1, 0.15) is 23.1 Å². The summed E-state index contributed by atoms with van der Waals surface area (Å²) in [7, 11) is 1.46. The van der Waals surface area contributed by atoms with Crippen molar-refractivity contribution in [2.24, 2.45) is 0 Å². The molecule has 0 bridgehead atoms. The lowest BCUT2D eigenvalue weighted by molar-refractivity contribution is -0.307. The molecule has 0 saturated heterocycles. The highest BCUT2D eigenvalue weighted by molar-refractivity contribution is 6.10. The van der Waals surface area contributed by atoms with E-state index in [1.165, 1.54) is 31.4 Å². The smallest absolute Gasteiger partial charge is 0.274 e. The van der Waals surface area contributed by atoms with Gasteiger partial charge in [0.25, 0.3) is 5.91 Å². The lowest BCUT2D eigenvalue weighted by atomic mass is 9.92. The van der Waals surface area contributed by atoms with Gasteiger partial charge in [0.2, 0.25) is 5.88 Å². The number of aliphatic carboxylic acids is 1. The van der Waals surface area contributed by atoms with Gasteiger partial charge in [-0.3, -0.25) is 4.79 Å². The number of hydrogen-bond acceptors (Lipinski definition) is 7. The van der Waals surface area contributed by atoms with Crippen LogP contribution in [0.15, 0.2) is 66.7 Å². The molecule has 0 spiro atoms. The lowest BCUT2D eigenvalue weighted by Gasteiger charge is -2.20. The zero-order chi connectivity index (χ0) is 32.0. The van der Waals surface area contributed by atoms with Crippen molar-refractivity contribution in [3.05, 3.63) is 89.8 Å². The van der Waals surface area contributed by atoms with E-state index in [4.69, 9.17) is 4.74 Å². The monoisotopic (exact) mass is 606 g/mol. The van der Waals surface area contributed by atoms with Crippen LogP contribution in [0.25, 0.3) is 22.3 Å². The van der Waals surface area contributed by atoms with Crippen molar-refractivity contribution in [2.45, 2.75) is 57.8 Å². The van der Waals surface area contributed by atoms with Crippen molar-refractivity contribution in [3.8, 4) is 28.1 Å². The minimum atomic E-state index is -1.43. The number of nitrogens with one attached hydrogen (secondary N) is 1. The van der Waals surface area contributed by atoms with Crippen molar-refractivity contribution < 1.29 is 38.4 Å². The minimum Gasteiger partial charge on any atom is -0.550 e. The third kappa shape index (κ3) is 7.66. The number of anilines is 1. The number of aliphatic hydroxyl groups excluding tert-OH is 2. The molecule has 0 aliphatic heterocycles. The number of carbonyl (C=O) groups excluding carboxylic acids is 2. The average Bonchev–Trinajstić information content (AvgIpc) is 3.32. The molecule has 4 rings (SSSR count). The van der Waals surface area contributed by atoms with Crippen molar-refractivity contribution in [2.75, 3.05) is 12.4 Å². The summed E-state index contributed by atoms with van der Waals surface area (Å²) in [6, 6.07) is 16.1. The molecule has 2 heterocycles. The molecule has 0 saturated carbocycles. The van der Waals surface area contributed by atoms with Crippen LogP contribution in [0.2, 0.25) is 0 Å². The Morgan fingerprint density at radius 3 is 2.07 bits per heavy atom. The average molecular weight is 607 g/mol. The topological polar surface area (TPSA) is 137 Å². The quantitative estimate of drug-likeness (QED) is 0.204. The van der Waals surface area contributed by atoms with Crippen LogP contribution < -0.4 is 15.2 Å². The molecule has 0 aliphatic rings. The SMILES string of the molecule is COc1cccc(NC(=O)c2c(-c3ccc(F)cc3)c(-c3ccc(F)cc3)c(CC[C@@H](O)C[C@@H](O)CC(=O)[O-])n2C(C)C)n1. The second-order valence-electron chi connectivity index (χ2n) is 10.7. The third-order valence-electron chi connectivity index (χ3n) is 7.14. The van der Waals surface area contributed by atoms with Crippen LogP contribution in [0.4, 0.5) is 14.6 Å². The van der Waals surface area contributed by atoms with E-state index < -0.39 is 42.1 Å². The molecule has 2 atom stereocenters. The van der Waals surface area contributed by atoms with Crippen LogP contribution in [0.3, 0.4) is 0 Å². The van der Waals surface area contributed by atoms with Crippen LogP contribution in [-0.4, -0.2) is 51.0 Å². The summed E-state index contributed by atoms with van der Waals surface area (Å²) in [6.07, 6.45) is -2.87. The Morgan fingerprint density at radius 1 is 0.932 bits per heavy atom. The summed E-state index contributed by atoms with van der Waals surface area (Å²) in [5.41, 5.74) is 3.02. The van der Waals surface area contributed by atoms with Gasteiger partial charge in [-0.1, -0.05) is 30.3 Å². The fourth-order valence-electron chi connectivity index (χ4n) is 5.29. The predicted molar refractivity (Wildman–Crippen MR) is 159 cm³/mol. The van der Waals surface area contributed by atoms with E-state index in [9.17, 15) is 33.7 Å². The molecule has 4 aromatic rings. The van der Waals surface area contributed by atoms with Crippen LogP contribution in [0, 0.1) is 11.6 Å². The normalized spacial score (nSPS) is 12.6. The van der Waals surface area contributed by atoms with Gasteiger partial charge in [-0.25, -0.2) is 8.78 Å². The number of pyridine rings is 1. The second kappa shape index (κ2) is 14.2. The number of carbonyl (C=O) groups is 2. The molecule has 1 amide bonds. The fourth-order valence-corrected chi connectivity index (χ4v) is 5.29. The highest BCUT2D eigenvalue weighted by Crippen LogP contribution is 2.43. The maximum atomic E-state index is 14.1. The first-order valence-electron chi connectivity index (χ1n) is 14.2. The first-order valence-corrected chi connectivity index (χ1v) is 14.2. The Bertz CT molecular complexity index is 1600. The fraction of sp³-hybridized carbons (Fsp3) is 0.303. The first-order chi connectivity index (χ1) is 21.0. The number of carboxylic acid groups (broad SMARTS) is 1. The van der Waals surface area contributed by atoms with Gasteiger partial charge in [-0.15, -0.1) is 0 Å². The number of aromatic nitrogens is 2. The number of halogens is 2. The van der Waals surface area contributed by atoms with E-state index in [2.05, 4.69) is 10.3 Å². The molecular formula is C33H34F2N3O6-. The number of carboxylic acids is 1. The molecule has 9 nitrogen and oxygen atoms in total. The molecular weight excluding hydrogens is 572 g/mol. The first kappa shape index (κ1) is 32.3. The molecule has 0 fully saturated rings. The van der Waals surface area contributed by atoms with Gasteiger partial charge in [0.05, 0.1) is 19.3 Å². The standard InChI is InChI=1S/C33H35F2N3O6/c1-19(2)38-26(16-15-24(39)17-25(40)18-29(41)42)30(20-7-11-22(34)12-8-20)31(21-9-13-23(35)14-10-21)32(38)33(43)37-27-5-4-6-28(36-27)44-3/h4-14,19,24-25,39-40H,15-18H2,1-3H3,(H,41,42)(H,36,37,43)/p-1/t24-,25-/m1/s1. The Hall–Kier alpha value is -4.61. The second-order valence-corrected chi connectivity index (χ2v) is 10.7. The van der Waals surface area contributed by atoms with E-state index >= 15 is 0 Å². The van der Waals surface area contributed by atoms with E-state index in [1.54, 1.807) is 42.5 Å². The van der Waals surface area contributed by atoms with Crippen molar-refractivity contribution in [3.63, 3.8) is 0 Å². The molecule has 0 unspecified atom stereocenters. The van der Waals surface area contributed by atoms with Gasteiger partial charge >= 0.3 is 0 Å². The van der Waals surface area contributed by atoms with E-state index in [0.29, 0.717) is 33.8 Å². The van der Waals surface area contributed by atoms with Crippen LogP contribution in [-0.2, 0) is 11.2 Å². The lowest BCUT2D eigenvalue weighted by Crippen LogP contribution is -2.29. The highest BCUT2D eigenvalue weighted by Gasteiger charge is 2.31. The van der Waals surface area contributed by atoms with Crippen LogP contribution >= 0.6 is 0 Å². The summed E-state index contributed by atoms with van der Waals surface area (Å²) in [5.74, 6) is -2.34. The van der Waals surface area contributed by atoms with E-state index in [0.717, 1.165) is 0 Å². The number of ether oxygens (including phenoxy) is 1. The van der Waals surface area contributed by atoms with Crippen molar-refractivity contribution in [1.82, 2.24) is 9.55 Å². The zero-order valence-corrected chi connectivity index (χ0v) is 24.6. The number of nitrogens with zero attached hydrogens (tertiary/aromatic N) is 2. The number of benzene rings is 2. The maximum Gasteiger partial charge on any atom is 0.274 e. The van der Waals surface area contributed by atoms with Crippen LogP contribution in [0.5, 0.6) is 5.88 Å². The number of aliphatic hydroxyl groups is 2. The maximum absolute atomic E-state index is 14.1. The molecule has 3 N–H and O–H groups in total. The Balaban J connectivity index is 1.91. The summed E-state index contributed by atoms with van der Waals surface area (Å²) in [5, 5.41) is 34.5. The predicted octanol–water partition coefficient (Wildman–Crippen LogP) is 4.52. The summed E-state index contributed by atoms with van der Waals surface area (Å²) in [4.78, 5) is 29.3. The molecule has 2 aromatic carbocycles. The number of methoxy groups -OCH3 is 1. The molecule has 2 aromatic heterocycles.